The Kier molecular flexibility index (Phi) is 4.86. The molecule has 0 spiro atoms. The molecule has 1 aromatic rings. The van der Waals surface area contributed by atoms with Crippen molar-refractivity contribution < 1.29 is 23.1 Å². The third-order valence-electron chi connectivity index (χ3n) is 6.03. The van der Waals surface area contributed by atoms with Gasteiger partial charge in [-0.05, 0) is 68.6 Å². The van der Waals surface area contributed by atoms with Crippen LogP contribution in [-0.4, -0.2) is 40.6 Å². The molecule has 0 saturated carbocycles. The summed E-state index contributed by atoms with van der Waals surface area (Å²) >= 11 is 3.69. The summed E-state index contributed by atoms with van der Waals surface area (Å²) in [6.45, 7) is 11.4. The number of hydrogen-bond acceptors (Lipinski definition) is 6. The number of hydrogen-bond donors (Lipinski definition) is 0. The number of nitrogens with zero attached hydrogens (tertiary/aromatic N) is 1. The van der Waals surface area contributed by atoms with Crippen LogP contribution in [0.1, 0.15) is 58.7 Å². The molecular weight excluding hydrogens is 457 g/mol. The Bertz CT molecular complexity index is 899. The molecule has 2 saturated heterocycles. The number of fused-ring (bicyclic) bond motifs is 2. The van der Waals surface area contributed by atoms with Crippen LogP contribution in [0.2, 0.25) is 0 Å². The summed E-state index contributed by atoms with van der Waals surface area (Å²) in [6, 6.07) is 7.95. The average molecular weight is 485 g/mol. The molecule has 0 aromatic heterocycles. The third-order valence-corrected chi connectivity index (χ3v) is 7.89. The molecule has 29 heavy (non-hydrogen) atoms. The highest BCUT2D eigenvalue weighted by molar-refractivity contribution is 9.15. The van der Waals surface area contributed by atoms with E-state index in [0.29, 0.717) is 0 Å². The van der Waals surface area contributed by atoms with Crippen LogP contribution in [0.3, 0.4) is 0 Å². The highest BCUT2D eigenvalue weighted by Crippen LogP contribution is 2.62. The molecule has 3 aliphatic rings. The molecule has 0 amide bonds. The molecule has 6 nitrogen and oxygen atoms in total. The van der Waals surface area contributed by atoms with Crippen LogP contribution < -0.4 is 0 Å². The van der Waals surface area contributed by atoms with Crippen molar-refractivity contribution in [2.45, 2.75) is 76.3 Å². The van der Waals surface area contributed by atoms with Crippen LogP contribution in [0.4, 0.5) is 0 Å². The lowest BCUT2D eigenvalue weighted by Gasteiger charge is -2.51. The van der Waals surface area contributed by atoms with Gasteiger partial charge in [0.2, 0.25) is 0 Å². The normalized spacial score (nSPS) is 36.1. The van der Waals surface area contributed by atoms with E-state index in [1.54, 1.807) is 0 Å². The molecule has 0 aliphatic carbocycles. The summed E-state index contributed by atoms with van der Waals surface area (Å²) in [4.78, 5) is 2.11. The summed E-state index contributed by atoms with van der Waals surface area (Å²) in [7, 11) is -0.335. The largest absolute Gasteiger partial charge is 0.698 e. The van der Waals surface area contributed by atoms with Crippen LogP contribution in [-0.2, 0) is 23.1 Å². The second kappa shape index (κ2) is 6.59. The van der Waals surface area contributed by atoms with Gasteiger partial charge in [0.15, 0.2) is 22.6 Å². The summed E-state index contributed by atoms with van der Waals surface area (Å²) in [6.07, 6.45) is 1.51. The molecule has 1 aromatic carbocycles. The first kappa shape index (κ1) is 21.4. The monoisotopic (exact) mass is 484 g/mol. The van der Waals surface area contributed by atoms with Gasteiger partial charge in [0.25, 0.3) is 0 Å². The van der Waals surface area contributed by atoms with E-state index in [9.17, 15) is 4.57 Å². The maximum atomic E-state index is 12.7. The summed E-state index contributed by atoms with van der Waals surface area (Å²) in [5, 5.41) is 0. The van der Waals surface area contributed by atoms with Crippen LogP contribution in [0, 0.1) is 0 Å². The topological polar surface area (TPSA) is 57.2 Å². The van der Waals surface area contributed by atoms with E-state index >= 15 is 0 Å². The molecule has 2 fully saturated rings. The van der Waals surface area contributed by atoms with E-state index in [2.05, 4.69) is 33.0 Å². The van der Waals surface area contributed by atoms with E-state index in [4.69, 9.17) is 18.5 Å². The lowest BCUT2D eigenvalue weighted by atomic mass is 9.67. The number of halogens is 1. The summed E-state index contributed by atoms with van der Waals surface area (Å²) < 4.78 is 38.8. The van der Waals surface area contributed by atoms with Gasteiger partial charge in [-0.2, -0.15) is 0 Å². The molecule has 4 unspecified atom stereocenters. The van der Waals surface area contributed by atoms with Gasteiger partial charge in [-0.1, -0.05) is 24.3 Å². The Balaban J connectivity index is 2.02. The predicted molar refractivity (Wildman–Crippen MR) is 115 cm³/mol. The molecule has 4 atom stereocenters. The van der Waals surface area contributed by atoms with E-state index in [-0.39, 0.29) is 6.04 Å². The average Bonchev–Trinajstić information content (AvgIpc) is 2.85. The van der Waals surface area contributed by atoms with Gasteiger partial charge in [-0.3, -0.25) is 0 Å². The number of benzene rings is 1. The fourth-order valence-electron chi connectivity index (χ4n) is 5.03. The van der Waals surface area contributed by atoms with Crippen molar-refractivity contribution in [2.75, 3.05) is 7.05 Å². The number of rotatable bonds is 1. The van der Waals surface area contributed by atoms with E-state index in [0.717, 1.165) is 15.6 Å². The minimum atomic E-state index is -2.35. The molecule has 3 aliphatic heterocycles. The van der Waals surface area contributed by atoms with Crippen molar-refractivity contribution in [1.29, 1.82) is 0 Å². The van der Waals surface area contributed by atoms with Crippen LogP contribution in [0.15, 0.2) is 30.5 Å². The Morgan fingerprint density at radius 2 is 1.72 bits per heavy atom. The highest BCUT2D eigenvalue weighted by atomic mass is 79.9. The second-order valence-corrected chi connectivity index (χ2v) is 11.1. The maximum Gasteiger partial charge on any atom is 0.698 e. The second-order valence-electron chi connectivity index (χ2n) is 9.45. The molecule has 0 radical (unpaired) electrons. The van der Waals surface area contributed by atoms with Crippen molar-refractivity contribution in [3.05, 3.63) is 41.6 Å². The van der Waals surface area contributed by atoms with Crippen molar-refractivity contribution in [3.63, 3.8) is 0 Å². The fraction of sp³-hybridized carbons (Fsp3) is 0.619. The van der Waals surface area contributed by atoms with Gasteiger partial charge in [-0.15, -0.1) is 9.05 Å². The molecule has 8 heteroatoms. The lowest BCUT2D eigenvalue weighted by molar-refractivity contribution is -0.218. The Labute approximate surface area is 181 Å². The first-order valence-electron chi connectivity index (χ1n) is 9.73. The fourth-order valence-corrected chi connectivity index (χ4v) is 6.74. The third kappa shape index (κ3) is 3.13. The SMILES string of the molecule is CN1C=C(Br)c2ccccc2C1C12OC(C)(C)OC1C(C)(C)O[P+](=O)OC2(C)C. The maximum absolute atomic E-state index is 12.7. The van der Waals surface area contributed by atoms with Gasteiger partial charge in [0.1, 0.15) is 6.10 Å². The standard InChI is InChI=1S/C21H28BrNO5P/c1-18(2)17-21(26-20(5,6)25-17,19(3,4)28-29(24)27-18)16-14-11-9-8-10-13(14)15(22)12-23(16)7/h8-12,16-17H,1-7H3/q+1. The minimum absolute atomic E-state index is 0.258. The Morgan fingerprint density at radius 3 is 2.41 bits per heavy atom. The zero-order chi connectivity index (χ0) is 21.4. The van der Waals surface area contributed by atoms with Crippen molar-refractivity contribution in [1.82, 2.24) is 4.90 Å². The van der Waals surface area contributed by atoms with Gasteiger partial charge >= 0.3 is 8.25 Å². The number of likely N-dealkylation sites (N-methyl/N-ethyl adjacent to an activating group) is 1. The van der Waals surface area contributed by atoms with Crippen LogP contribution in [0.25, 0.3) is 4.48 Å². The molecule has 158 valence electrons. The molecule has 0 N–H and O–H groups in total. The Hall–Kier alpha value is -0.820. The van der Waals surface area contributed by atoms with E-state index in [1.165, 1.54) is 0 Å². The molecule has 4 rings (SSSR count). The van der Waals surface area contributed by atoms with Crippen LogP contribution in [0.5, 0.6) is 0 Å². The van der Waals surface area contributed by atoms with Crippen LogP contribution >= 0.6 is 24.2 Å². The van der Waals surface area contributed by atoms with Gasteiger partial charge in [0.05, 0.1) is 6.04 Å². The van der Waals surface area contributed by atoms with Crippen molar-refractivity contribution in [2.24, 2.45) is 0 Å². The van der Waals surface area contributed by atoms with Gasteiger partial charge in [-0.25, -0.2) is 0 Å². The van der Waals surface area contributed by atoms with E-state index < -0.39 is 36.9 Å². The zero-order valence-electron chi connectivity index (χ0n) is 17.9. The van der Waals surface area contributed by atoms with Gasteiger partial charge in [0, 0.05) is 22.3 Å². The van der Waals surface area contributed by atoms with Crippen molar-refractivity contribution in [3.8, 4) is 0 Å². The van der Waals surface area contributed by atoms with Crippen molar-refractivity contribution >= 4 is 28.7 Å². The van der Waals surface area contributed by atoms with E-state index in [1.807, 2.05) is 66.9 Å². The van der Waals surface area contributed by atoms with Gasteiger partial charge < -0.3 is 14.4 Å². The predicted octanol–water partition coefficient (Wildman–Crippen LogP) is 5.52. The minimum Gasteiger partial charge on any atom is -0.369 e. The molecule has 0 bridgehead atoms. The molecular formula is C21H28BrNO5P+. The first-order valence-corrected chi connectivity index (χ1v) is 11.6. The smallest absolute Gasteiger partial charge is 0.369 e. The summed E-state index contributed by atoms with van der Waals surface area (Å²) in [5.41, 5.74) is -0.712. The lowest BCUT2D eigenvalue weighted by Crippen LogP contribution is -2.67. The quantitative estimate of drug-likeness (QED) is 0.489. The molecule has 3 heterocycles. The first-order chi connectivity index (χ1) is 13.3. The Morgan fingerprint density at radius 1 is 1.07 bits per heavy atom. The zero-order valence-corrected chi connectivity index (χ0v) is 20.3. The summed E-state index contributed by atoms with van der Waals surface area (Å²) in [5.74, 6) is -0.872. The number of ether oxygens (including phenoxy) is 2. The highest BCUT2D eigenvalue weighted by Gasteiger charge is 2.75.